The molecule has 0 aromatic heterocycles. The summed E-state index contributed by atoms with van der Waals surface area (Å²) in [5.41, 5.74) is 0. The number of hydrogen-bond acceptors (Lipinski definition) is 9. The van der Waals surface area contributed by atoms with Crippen LogP contribution in [0.25, 0.3) is 0 Å². The molecule has 0 aliphatic carbocycles. The molecule has 0 aromatic carbocycles. The van der Waals surface area contributed by atoms with E-state index in [4.69, 9.17) is 34.3 Å². The molecule has 4 N–H and O–H groups in total. The number of Topliss-reactive ketones (excluding diaryl/α,β-unsaturated/α-hetero) is 1. The average Bonchev–Trinajstić information content (AvgIpc) is 1.70. The van der Waals surface area contributed by atoms with Crippen molar-refractivity contribution in [3.05, 3.63) is 146 Å². The zero-order valence-corrected chi connectivity index (χ0v) is 89.4. The summed E-state index contributed by atoms with van der Waals surface area (Å²) >= 11 is 0. The minimum absolute atomic E-state index is 0. The van der Waals surface area contributed by atoms with Gasteiger partial charge in [-0.2, -0.15) is 0 Å². The van der Waals surface area contributed by atoms with Crippen molar-refractivity contribution >= 4 is 5.78 Å². The van der Waals surface area contributed by atoms with E-state index in [9.17, 15) is 9.90 Å². The second-order valence-electron chi connectivity index (χ2n) is 39.1. The number of rotatable bonds is 97. The quantitative estimate of drug-likeness (QED) is 0.0347. The van der Waals surface area contributed by atoms with Crippen LogP contribution in [0.3, 0.4) is 0 Å². The number of ketones is 1. The van der Waals surface area contributed by atoms with Crippen LogP contribution in [0.2, 0.25) is 0 Å². The topological polar surface area (TPSA) is 135 Å². The second kappa shape index (κ2) is 116. The fraction of sp³-hybridized carbons (Fsp3) is 0.800. The Morgan fingerprint density at radius 3 is 0.634 bits per heavy atom. The van der Waals surface area contributed by atoms with Gasteiger partial charge in [-0.25, -0.2) is 0 Å². The summed E-state index contributed by atoms with van der Waals surface area (Å²) in [5.74, 6) is -0.187. The van der Waals surface area contributed by atoms with Crippen LogP contribution in [0.1, 0.15) is 582 Å². The Bertz CT molecular complexity index is 2390. The number of carbonyl (C=O) groups is 1. The fourth-order valence-electron chi connectivity index (χ4n) is 17.3. The van der Waals surface area contributed by atoms with E-state index >= 15 is 0 Å². The van der Waals surface area contributed by atoms with Crippen LogP contribution in [-0.2, 0) is 23.7 Å². The maximum atomic E-state index is 12.1. The number of allylic oxidation sites excluding steroid dienone is 24. The van der Waals surface area contributed by atoms with Crippen LogP contribution in [0.5, 0.6) is 0 Å². The normalized spacial score (nSPS) is 15.4. The molecule has 2 aliphatic rings. The molecule has 2 heterocycles. The van der Waals surface area contributed by atoms with E-state index in [0.29, 0.717) is 24.9 Å². The predicted octanol–water partition coefficient (Wildman–Crippen LogP) is 39.5. The first-order valence-electron chi connectivity index (χ1n) is 58.1. The highest BCUT2D eigenvalue weighted by molar-refractivity contribution is 5.78. The zero-order valence-electron chi connectivity index (χ0n) is 89.4. The number of carbonyl (C=O) groups excluding carboxylic acids is 1. The first-order chi connectivity index (χ1) is 65.6. The Hall–Kier alpha value is -3.77. The molecule has 0 spiro atoms. The SMILES string of the molecule is C.CCCCC/C=C\C/C=C\CCCCCCCCC(=O)CCCCCCCC/C=C\C/C=C\CCCCC.CCCCC/C=C\C/C=C\CCCCCCCCC1(CCCCCCCC/C=C\C/C=C\CCCCC)OCC(CCC)O1.CCCCC/C=C\C/C=C\CCCCCCCCC1(CCCCCCCC/C=C\C/C=C\CCCCC)OCC(CCO)O1.OCCC(O)CO. The van der Waals surface area contributed by atoms with Crippen LogP contribution in [0.4, 0.5) is 0 Å². The molecule has 134 heavy (non-hydrogen) atoms. The molecular formula is C125H230O9. The van der Waals surface area contributed by atoms with Crippen molar-refractivity contribution in [1.82, 2.24) is 0 Å². The molecule has 0 saturated carbocycles. The van der Waals surface area contributed by atoms with Gasteiger partial charge in [0.15, 0.2) is 11.6 Å². The van der Waals surface area contributed by atoms with Crippen molar-refractivity contribution in [2.45, 2.75) is 612 Å². The number of aliphatic hydroxyl groups excluding tert-OH is 4. The van der Waals surface area contributed by atoms with Gasteiger partial charge < -0.3 is 39.4 Å². The van der Waals surface area contributed by atoms with Crippen LogP contribution in [-0.4, -0.2) is 89.1 Å². The van der Waals surface area contributed by atoms with Crippen LogP contribution < -0.4 is 0 Å². The minimum atomic E-state index is -0.745. The summed E-state index contributed by atoms with van der Waals surface area (Å²) in [6, 6.07) is 0. The summed E-state index contributed by atoms with van der Waals surface area (Å²) in [6.45, 7) is 17.1. The van der Waals surface area contributed by atoms with Crippen molar-refractivity contribution in [3.63, 3.8) is 0 Å². The molecule has 2 rings (SSSR count). The van der Waals surface area contributed by atoms with Gasteiger partial charge >= 0.3 is 0 Å². The Balaban J connectivity index is -0.00000185. The minimum Gasteiger partial charge on any atom is -0.396 e. The maximum Gasteiger partial charge on any atom is 0.168 e. The average molecular weight is 1880 g/mol. The molecule has 3 unspecified atom stereocenters. The molecular weight excluding hydrogens is 1650 g/mol. The zero-order chi connectivity index (χ0) is 96.6. The predicted molar refractivity (Wildman–Crippen MR) is 594 cm³/mol. The van der Waals surface area contributed by atoms with E-state index < -0.39 is 11.9 Å². The Morgan fingerprint density at radius 1 is 0.254 bits per heavy atom. The molecule has 2 fully saturated rings. The highest BCUT2D eigenvalue weighted by atomic mass is 16.7. The molecule has 9 heteroatoms. The van der Waals surface area contributed by atoms with E-state index in [1.807, 2.05) is 0 Å². The number of hydrogen-bond donors (Lipinski definition) is 4. The Labute approximate surface area is 836 Å². The molecule has 784 valence electrons. The second-order valence-corrected chi connectivity index (χ2v) is 39.1. The molecule has 3 atom stereocenters. The molecule has 0 amide bonds. The van der Waals surface area contributed by atoms with E-state index in [0.717, 1.165) is 103 Å². The van der Waals surface area contributed by atoms with E-state index in [2.05, 4.69) is 194 Å². The smallest absolute Gasteiger partial charge is 0.168 e. The summed E-state index contributed by atoms with van der Waals surface area (Å²) in [7, 11) is 0. The largest absolute Gasteiger partial charge is 0.396 e. The summed E-state index contributed by atoms with van der Waals surface area (Å²) in [6.07, 6.45) is 157. The lowest BCUT2D eigenvalue weighted by atomic mass is 9.98. The fourth-order valence-corrected chi connectivity index (χ4v) is 17.3. The van der Waals surface area contributed by atoms with Gasteiger partial charge in [0.05, 0.1) is 38.1 Å². The van der Waals surface area contributed by atoms with Gasteiger partial charge in [0, 0.05) is 51.7 Å². The third kappa shape index (κ3) is 104. The van der Waals surface area contributed by atoms with Crippen LogP contribution in [0, 0.1) is 0 Å². The third-order valence-corrected chi connectivity index (χ3v) is 25.9. The summed E-state index contributed by atoms with van der Waals surface area (Å²) < 4.78 is 25.7. The molecule has 2 saturated heterocycles. The lowest BCUT2D eigenvalue weighted by Gasteiger charge is -2.28. The van der Waals surface area contributed by atoms with Gasteiger partial charge in [0.2, 0.25) is 0 Å². The van der Waals surface area contributed by atoms with Gasteiger partial charge in [0.1, 0.15) is 5.78 Å². The van der Waals surface area contributed by atoms with E-state index in [-0.39, 0.29) is 45.6 Å². The number of unbranched alkanes of at least 4 members (excludes halogenated alkanes) is 54. The maximum absolute atomic E-state index is 12.1. The van der Waals surface area contributed by atoms with Gasteiger partial charge in [-0.15, -0.1) is 0 Å². The lowest BCUT2D eigenvalue weighted by Crippen LogP contribution is -2.31. The van der Waals surface area contributed by atoms with Gasteiger partial charge in [0.25, 0.3) is 0 Å². The van der Waals surface area contributed by atoms with Crippen LogP contribution in [0.15, 0.2) is 146 Å². The van der Waals surface area contributed by atoms with Crippen molar-refractivity contribution in [2.75, 3.05) is 33.0 Å². The molecule has 0 radical (unpaired) electrons. The van der Waals surface area contributed by atoms with Crippen molar-refractivity contribution in [1.29, 1.82) is 0 Å². The van der Waals surface area contributed by atoms with Crippen molar-refractivity contribution in [3.8, 4) is 0 Å². The molecule has 0 bridgehead atoms. The van der Waals surface area contributed by atoms with Gasteiger partial charge in [-0.05, 0) is 250 Å². The standard InChI is InChI=1S/C42H76O2.C41H74O3.C37H66O.C4H10O3.CH4/c1-4-7-9-11-13-15-17-19-21-23-25-27-29-31-33-35-38-42(43-40-41(44-42)37-6-3)39-36-34-32-30-28-26-24-22-20-18-16-14-12-10-8-5-2;1-3-5-7-9-11-13-15-17-19-21-23-25-27-29-31-33-36-41(43-39-40(44-41)35-38-42)37-34-32-30-28-26-24-22-20-18-16-14-12-10-8-6-4-2;1-3-5-7-9-11-13-15-17-19-21-23-25-27-29-31-33-35-37(38)36-34-32-30-28-26-24-22-20-18-16-14-12-10-8-6-4-2;5-2-1-4(7)3-6;/h13-16,19-22,41H,4-12,17-18,23-40H2,1-3H3;11-14,17-20,40,42H,3-10,15-16,21-39H2,1-2H3;11-14,17-20H,3-10,15-16,21-36H2,1-2H3;4-7H,1-3H2;1H4/b15-13-,16-14-,21-19-,22-20-;2*13-11-,14-12-,19-17-,20-18-;;. The van der Waals surface area contributed by atoms with Gasteiger partial charge in [-0.3, -0.25) is 4.79 Å². The van der Waals surface area contributed by atoms with Crippen LogP contribution >= 0.6 is 0 Å². The highest BCUT2D eigenvalue weighted by Crippen LogP contribution is 2.38. The Morgan fingerprint density at radius 2 is 0.448 bits per heavy atom. The number of ether oxygens (including phenoxy) is 4. The third-order valence-electron chi connectivity index (χ3n) is 25.9. The van der Waals surface area contributed by atoms with Crippen molar-refractivity contribution in [2.24, 2.45) is 0 Å². The molecule has 9 nitrogen and oxygen atoms in total. The highest BCUT2D eigenvalue weighted by Gasteiger charge is 2.41. The first kappa shape index (κ1) is 134. The van der Waals surface area contributed by atoms with Crippen molar-refractivity contribution < 1.29 is 44.2 Å². The monoisotopic (exact) mass is 1880 g/mol. The molecule has 2 aliphatic heterocycles. The summed E-state index contributed by atoms with van der Waals surface area (Å²) in [4.78, 5) is 12.1. The van der Waals surface area contributed by atoms with Gasteiger partial charge in [-0.1, -0.05) is 439 Å². The van der Waals surface area contributed by atoms with E-state index in [1.54, 1.807) is 0 Å². The number of aliphatic hydroxyl groups is 4. The Kier molecular flexibility index (Phi) is 117. The van der Waals surface area contributed by atoms with E-state index in [1.165, 1.54) is 417 Å². The lowest BCUT2D eigenvalue weighted by molar-refractivity contribution is -0.180. The first-order valence-corrected chi connectivity index (χ1v) is 58.1. The molecule has 0 aromatic rings. The summed E-state index contributed by atoms with van der Waals surface area (Å²) in [5, 5.41) is 34.0.